The molecule has 0 amide bonds. The molecule has 8 rings (SSSR count). The fraction of sp³-hybridized carbons (Fsp3) is 0.639. The van der Waals surface area contributed by atoms with Gasteiger partial charge in [0.2, 0.25) is 0 Å². The molecule has 2 aliphatic heterocycles. The summed E-state index contributed by atoms with van der Waals surface area (Å²) in [7, 11) is 0. The fourth-order valence-corrected chi connectivity index (χ4v) is 9.88. The molecule has 44 heavy (non-hydrogen) atoms. The maximum absolute atomic E-state index is 12.5. The monoisotopic (exact) mass is 750 g/mol. The molecule has 0 spiro atoms. The summed E-state index contributed by atoms with van der Waals surface area (Å²) >= 11 is 0. The molecule has 6 aliphatic carbocycles. The third kappa shape index (κ3) is 5.35. The summed E-state index contributed by atoms with van der Waals surface area (Å²) in [6.07, 6.45) is 21.2. The standard InChI is InChI=1S/C18H23O3.C18H21O3.2Y/c2*1-17-7-3-4-12(17)15-13(6-8-17)18(2)9-5-11(19)10-14(18)16(20)21-15;;/h5,7,9,11,13-14,19H,3-4,6,8,10H2,1-2H3;5,7,9,13-14H,3-4,6,8,10H2,1-2H3;;/q2*-1;;. The number of carbonyl (C=O) groups excluding carboxylic acids is 3. The van der Waals surface area contributed by atoms with Crippen LogP contribution in [0.4, 0.5) is 0 Å². The SMILES string of the molecule is CC12[CH-]CCC1=C1OC(=O)C3CC(=O)C=CC3(C)C1CC2.CC12[CH-]CCC1=C1OC(=O)C3CC(O)C=CC3(C)C1CC2.[Y].[Y]. The minimum atomic E-state index is -0.515. The molecular formula is C36H44O6Y2-2. The van der Waals surface area contributed by atoms with E-state index >= 15 is 0 Å². The molecule has 8 aliphatic rings. The Kier molecular flexibility index (Phi) is 9.82. The van der Waals surface area contributed by atoms with E-state index < -0.39 is 6.10 Å². The van der Waals surface area contributed by atoms with Gasteiger partial charge in [0.25, 0.3) is 0 Å². The zero-order valence-corrected chi connectivity index (χ0v) is 32.2. The molecule has 2 saturated carbocycles. The van der Waals surface area contributed by atoms with Gasteiger partial charge in [-0.15, -0.1) is 10.8 Å². The molecular weight excluding hydrogens is 706 g/mol. The van der Waals surface area contributed by atoms with Crippen molar-refractivity contribution in [1.82, 2.24) is 0 Å². The van der Waals surface area contributed by atoms with Crippen LogP contribution in [0.5, 0.6) is 0 Å². The van der Waals surface area contributed by atoms with Gasteiger partial charge in [0, 0.05) is 94.5 Å². The second kappa shape index (κ2) is 12.3. The van der Waals surface area contributed by atoms with E-state index in [2.05, 4.69) is 46.6 Å². The smallest absolute Gasteiger partial charge is 0.315 e. The van der Waals surface area contributed by atoms with Gasteiger partial charge >= 0.3 is 11.9 Å². The van der Waals surface area contributed by atoms with E-state index in [1.807, 2.05) is 12.2 Å². The molecule has 2 saturated heterocycles. The Balaban J connectivity index is 0.000000167. The molecule has 0 aromatic carbocycles. The number of allylic oxidation sites excluding steroid dienone is 7. The van der Waals surface area contributed by atoms with Crippen LogP contribution in [0.25, 0.3) is 0 Å². The number of ketones is 1. The minimum Gasteiger partial charge on any atom is -0.431 e. The quantitative estimate of drug-likeness (QED) is 0.173. The number of aliphatic hydroxyl groups is 1. The van der Waals surface area contributed by atoms with E-state index in [4.69, 9.17) is 9.47 Å². The average Bonchev–Trinajstić information content (AvgIpc) is 3.54. The summed E-state index contributed by atoms with van der Waals surface area (Å²) in [5, 5.41) is 9.86. The van der Waals surface area contributed by atoms with Gasteiger partial charge in [0.1, 0.15) is 11.5 Å². The fourth-order valence-electron chi connectivity index (χ4n) is 9.88. The van der Waals surface area contributed by atoms with Crippen molar-refractivity contribution in [2.45, 2.75) is 98.0 Å². The third-order valence-electron chi connectivity index (χ3n) is 12.7. The maximum atomic E-state index is 12.5. The number of hydrogen-bond donors (Lipinski definition) is 1. The molecule has 1 N–H and O–H groups in total. The Labute approximate surface area is 312 Å². The molecule has 4 fully saturated rings. The summed E-state index contributed by atoms with van der Waals surface area (Å²) in [4.78, 5) is 36.7. The van der Waals surface area contributed by atoms with Gasteiger partial charge in [-0.1, -0.05) is 82.8 Å². The van der Waals surface area contributed by atoms with Gasteiger partial charge in [-0.05, 0) is 25.3 Å². The molecule has 0 bridgehead atoms. The second-order valence-electron chi connectivity index (χ2n) is 15.0. The average molecular weight is 751 g/mol. The Bertz CT molecular complexity index is 1380. The minimum absolute atomic E-state index is 0. The summed E-state index contributed by atoms with van der Waals surface area (Å²) in [5.74, 6) is 1.61. The van der Waals surface area contributed by atoms with E-state index in [9.17, 15) is 19.5 Å². The zero-order valence-electron chi connectivity index (χ0n) is 26.6. The Morgan fingerprint density at radius 3 is 1.80 bits per heavy atom. The second-order valence-corrected chi connectivity index (χ2v) is 15.0. The largest absolute Gasteiger partial charge is 0.431 e. The van der Waals surface area contributed by atoms with Gasteiger partial charge in [-0.3, -0.25) is 14.4 Å². The van der Waals surface area contributed by atoms with Crippen LogP contribution in [0, 0.1) is 58.2 Å². The number of ether oxygens (including phenoxy) is 2. The van der Waals surface area contributed by atoms with Gasteiger partial charge in [-0.2, -0.15) is 12.8 Å². The molecule has 9 atom stereocenters. The van der Waals surface area contributed by atoms with E-state index in [1.54, 1.807) is 6.08 Å². The molecule has 9 unspecified atom stereocenters. The van der Waals surface area contributed by atoms with E-state index in [1.165, 1.54) is 11.1 Å². The first-order chi connectivity index (χ1) is 19.9. The van der Waals surface area contributed by atoms with Crippen molar-refractivity contribution in [3.05, 3.63) is 59.8 Å². The van der Waals surface area contributed by atoms with Crippen molar-refractivity contribution in [3.8, 4) is 0 Å². The van der Waals surface area contributed by atoms with Gasteiger partial charge in [0.15, 0.2) is 5.78 Å². The predicted octanol–water partition coefficient (Wildman–Crippen LogP) is 6.51. The number of rotatable bonds is 0. The van der Waals surface area contributed by atoms with Crippen LogP contribution >= 0.6 is 0 Å². The third-order valence-corrected chi connectivity index (χ3v) is 12.7. The first-order valence-corrected chi connectivity index (χ1v) is 16.1. The molecule has 8 heteroatoms. The normalized spacial score (nSPS) is 44.7. The van der Waals surface area contributed by atoms with Crippen molar-refractivity contribution in [2.24, 2.45) is 45.3 Å². The summed E-state index contributed by atoms with van der Waals surface area (Å²) in [6.45, 7) is 8.85. The Morgan fingerprint density at radius 2 is 1.25 bits per heavy atom. The zero-order chi connectivity index (χ0) is 29.7. The Hall–Kier alpha value is -0.262. The van der Waals surface area contributed by atoms with Gasteiger partial charge < -0.3 is 27.4 Å². The number of aliphatic hydroxyl groups excluding tert-OH is 1. The predicted molar refractivity (Wildman–Crippen MR) is 157 cm³/mol. The van der Waals surface area contributed by atoms with E-state index in [0.717, 1.165) is 62.9 Å². The van der Waals surface area contributed by atoms with Gasteiger partial charge in [0.05, 0.1) is 17.9 Å². The van der Waals surface area contributed by atoms with E-state index in [-0.39, 0.29) is 123 Å². The van der Waals surface area contributed by atoms with Crippen LogP contribution in [0.3, 0.4) is 0 Å². The number of carbonyl (C=O) groups is 3. The van der Waals surface area contributed by atoms with Crippen LogP contribution in [0.2, 0.25) is 0 Å². The van der Waals surface area contributed by atoms with Crippen LogP contribution in [-0.2, 0) is 89.3 Å². The summed E-state index contributed by atoms with van der Waals surface area (Å²) in [6, 6.07) is 0. The van der Waals surface area contributed by atoms with Crippen LogP contribution in [0.1, 0.15) is 91.9 Å². The van der Waals surface area contributed by atoms with Crippen LogP contribution < -0.4 is 0 Å². The molecule has 2 heterocycles. The topological polar surface area (TPSA) is 89.9 Å². The first kappa shape index (κ1) is 35.1. The number of hydrogen-bond acceptors (Lipinski definition) is 6. The molecule has 232 valence electrons. The molecule has 0 aromatic rings. The van der Waals surface area contributed by atoms with Crippen molar-refractivity contribution in [3.63, 3.8) is 0 Å². The van der Waals surface area contributed by atoms with Gasteiger partial charge in [-0.25, -0.2) is 0 Å². The summed E-state index contributed by atoms with van der Waals surface area (Å²) < 4.78 is 11.6. The number of fused-ring (bicyclic) bond motifs is 8. The van der Waals surface area contributed by atoms with Crippen LogP contribution in [-0.4, -0.2) is 28.9 Å². The van der Waals surface area contributed by atoms with Crippen molar-refractivity contribution < 1.29 is 94.4 Å². The molecule has 2 radical (unpaired) electrons. The maximum Gasteiger partial charge on any atom is 0.315 e. The summed E-state index contributed by atoms with van der Waals surface area (Å²) in [5.41, 5.74) is 2.48. The van der Waals surface area contributed by atoms with Crippen molar-refractivity contribution in [2.75, 3.05) is 0 Å². The van der Waals surface area contributed by atoms with Crippen LogP contribution in [0.15, 0.2) is 47.0 Å². The molecule has 6 nitrogen and oxygen atoms in total. The molecule has 0 aromatic heterocycles. The van der Waals surface area contributed by atoms with Crippen molar-refractivity contribution >= 4 is 17.7 Å². The Morgan fingerprint density at radius 1 is 0.750 bits per heavy atom. The first-order valence-electron chi connectivity index (χ1n) is 16.1. The number of esters is 2. The van der Waals surface area contributed by atoms with E-state index in [0.29, 0.717) is 18.8 Å². The van der Waals surface area contributed by atoms with Crippen molar-refractivity contribution in [1.29, 1.82) is 0 Å².